The molecule has 2 heterocycles. The largest absolute Gasteiger partial charge is 0.697 e. The molecular formula is C34H36N2O13P+. The molecule has 1 aromatic heterocycles. The monoisotopic (exact) mass is 711 g/mol. The van der Waals surface area contributed by atoms with Crippen LogP contribution in [-0.4, -0.2) is 77.6 Å². The highest BCUT2D eigenvalue weighted by Crippen LogP contribution is 2.47. The number of hydrogen-bond acceptors (Lipinski definition) is 12. The SMILES string of the molecule is CCOC(=O)CO[C@H]1[C@H](n2ccc(=O)[nH]c2=O)O[C@H](COC(c2ccccc2)(c2ccc(OC)cc2)c2ccc(OC)cc2)[C@@]1(O)O[P+](=O)O. The molecule has 50 heavy (non-hydrogen) atoms. The van der Waals surface area contributed by atoms with Crippen molar-refractivity contribution in [2.24, 2.45) is 0 Å². The van der Waals surface area contributed by atoms with Crippen LogP contribution in [0, 0.1) is 0 Å². The number of hydrogen-bond donors (Lipinski definition) is 3. The summed E-state index contributed by atoms with van der Waals surface area (Å²) in [6.45, 7) is 0.279. The number of esters is 1. The van der Waals surface area contributed by atoms with Crippen LogP contribution in [0.15, 0.2) is 101 Å². The van der Waals surface area contributed by atoms with Crippen molar-refractivity contribution < 1.29 is 52.3 Å². The molecule has 16 heteroatoms. The van der Waals surface area contributed by atoms with E-state index in [1.807, 2.05) is 30.3 Å². The summed E-state index contributed by atoms with van der Waals surface area (Å²) in [5.74, 6) is -2.49. The molecular weight excluding hydrogens is 675 g/mol. The van der Waals surface area contributed by atoms with Crippen molar-refractivity contribution in [2.45, 2.75) is 36.7 Å². The quantitative estimate of drug-likeness (QED) is 0.0706. The molecule has 0 saturated carbocycles. The summed E-state index contributed by atoms with van der Waals surface area (Å²) in [7, 11) is -0.461. The van der Waals surface area contributed by atoms with E-state index in [-0.39, 0.29) is 6.61 Å². The Balaban J connectivity index is 1.64. The van der Waals surface area contributed by atoms with Crippen molar-refractivity contribution in [1.29, 1.82) is 0 Å². The number of aromatic nitrogens is 2. The highest BCUT2D eigenvalue weighted by Gasteiger charge is 2.64. The number of carbonyl (C=O) groups excluding carboxylic acids is 1. The molecule has 1 saturated heterocycles. The van der Waals surface area contributed by atoms with Gasteiger partial charge >= 0.3 is 19.9 Å². The number of aromatic amines is 1. The number of nitrogens with one attached hydrogen (secondary N) is 1. The van der Waals surface area contributed by atoms with Crippen molar-refractivity contribution in [3.63, 3.8) is 0 Å². The lowest BCUT2D eigenvalue weighted by Crippen LogP contribution is -2.53. The highest BCUT2D eigenvalue weighted by molar-refractivity contribution is 7.32. The summed E-state index contributed by atoms with van der Waals surface area (Å²) < 4.78 is 52.7. The van der Waals surface area contributed by atoms with Crippen LogP contribution in [-0.2, 0) is 38.4 Å². The van der Waals surface area contributed by atoms with Crippen molar-refractivity contribution in [3.05, 3.63) is 129 Å². The van der Waals surface area contributed by atoms with Gasteiger partial charge in [0.05, 0.1) is 27.4 Å². The van der Waals surface area contributed by atoms with Gasteiger partial charge in [-0.15, -0.1) is 4.89 Å². The summed E-state index contributed by atoms with van der Waals surface area (Å²) in [6, 6.07) is 24.4. The third kappa shape index (κ3) is 7.54. The van der Waals surface area contributed by atoms with Crippen molar-refractivity contribution in [1.82, 2.24) is 9.55 Å². The number of benzene rings is 3. The van der Waals surface area contributed by atoms with E-state index in [1.165, 1.54) is 14.2 Å². The minimum Gasteiger partial charge on any atom is -0.497 e. The van der Waals surface area contributed by atoms with Crippen LogP contribution in [0.1, 0.15) is 29.8 Å². The van der Waals surface area contributed by atoms with Crippen LogP contribution >= 0.6 is 8.25 Å². The Bertz CT molecular complexity index is 1830. The first-order chi connectivity index (χ1) is 24.0. The fourth-order valence-electron chi connectivity index (χ4n) is 5.80. The molecule has 0 radical (unpaired) electrons. The zero-order chi connectivity index (χ0) is 35.9. The fraction of sp³-hybridized carbons (Fsp3) is 0.324. The summed E-state index contributed by atoms with van der Waals surface area (Å²) in [6.07, 6.45) is -3.97. The smallest absolute Gasteiger partial charge is 0.497 e. The van der Waals surface area contributed by atoms with E-state index in [2.05, 4.69) is 4.98 Å². The number of aliphatic hydroxyl groups is 1. The second-order valence-corrected chi connectivity index (χ2v) is 11.6. The normalized spacial score (nSPS) is 20.7. The predicted octanol–water partition coefficient (Wildman–Crippen LogP) is 2.76. The molecule has 1 fully saturated rings. The van der Waals surface area contributed by atoms with Gasteiger partial charge in [-0.25, -0.2) is 9.59 Å². The zero-order valence-electron chi connectivity index (χ0n) is 27.3. The number of carbonyl (C=O) groups is 1. The molecule has 3 N–H and O–H groups in total. The van der Waals surface area contributed by atoms with Gasteiger partial charge < -0.3 is 33.5 Å². The van der Waals surface area contributed by atoms with Gasteiger partial charge in [-0.1, -0.05) is 59.1 Å². The predicted molar refractivity (Wildman–Crippen MR) is 176 cm³/mol. The highest BCUT2D eigenvalue weighted by atomic mass is 31.1. The summed E-state index contributed by atoms with van der Waals surface area (Å²) in [5.41, 5.74) is -1.22. The average Bonchev–Trinajstić information content (AvgIpc) is 3.38. The van der Waals surface area contributed by atoms with Crippen molar-refractivity contribution in [3.8, 4) is 11.5 Å². The molecule has 3 aromatic carbocycles. The zero-order valence-corrected chi connectivity index (χ0v) is 28.2. The number of methoxy groups -OCH3 is 2. The first kappa shape index (κ1) is 36.5. The maximum atomic E-state index is 12.9. The van der Waals surface area contributed by atoms with Crippen molar-refractivity contribution in [2.75, 3.05) is 34.0 Å². The second-order valence-electron chi connectivity index (χ2n) is 11.0. The van der Waals surface area contributed by atoms with E-state index in [0.29, 0.717) is 28.2 Å². The first-order valence-corrected chi connectivity index (χ1v) is 16.5. The third-order valence-electron chi connectivity index (χ3n) is 8.09. The van der Waals surface area contributed by atoms with Gasteiger partial charge in [0.1, 0.15) is 29.8 Å². The molecule has 1 aliphatic heterocycles. The van der Waals surface area contributed by atoms with Crippen LogP contribution in [0.5, 0.6) is 11.5 Å². The number of nitrogens with zero attached hydrogens (tertiary/aromatic N) is 1. The molecule has 5 rings (SSSR count). The maximum absolute atomic E-state index is 12.9. The van der Waals surface area contributed by atoms with Crippen LogP contribution in [0.3, 0.4) is 0 Å². The van der Waals surface area contributed by atoms with Crippen LogP contribution in [0.4, 0.5) is 0 Å². The van der Waals surface area contributed by atoms with E-state index in [1.54, 1.807) is 55.5 Å². The summed E-state index contributed by atoms with van der Waals surface area (Å²) in [4.78, 5) is 49.1. The topological polar surface area (TPSA) is 194 Å². The second kappa shape index (κ2) is 15.9. The van der Waals surface area contributed by atoms with Gasteiger partial charge in [-0.05, 0) is 47.9 Å². The van der Waals surface area contributed by atoms with E-state index < -0.39 is 68.5 Å². The summed E-state index contributed by atoms with van der Waals surface area (Å²) >= 11 is 0. The lowest BCUT2D eigenvalue weighted by atomic mass is 9.80. The Kier molecular flexibility index (Phi) is 11.6. The molecule has 0 amide bonds. The molecule has 0 spiro atoms. The van der Waals surface area contributed by atoms with Gasteiger partial charge in [-0.2, -0.15) is 0 Å². The third-order valence-corrected chi connectivity index (χ3v) is 8.54. The van der Waals surface area contributed by atoms with Gasteiger partial charge in [0, 0.05) is 16.8 Å². The number of H-pyrrole nitrogens is 1. The molecule has 5 atom stereocenters. The molecule has 264 valence electrons. The van der Waals surface area contributed by atoms with E-state index >= 15 is 0 Å². The average molecular weight is 712 g/mol. The van der Waals surface area contributed by atoms with Gasteiger partial charge in [0.2, 0.25) is 0 Å². The fourth-order valence-corrected chi connectivity index (χ4v) is 6.27. The molecule has 0 aliphatic carbocycles. The lowest BCUT2D eigenvalue weighted by molar-refractivity contribution is -0.234. The van der Waals surface area contributed by atoms with Crippen molar-refractivity contribution >= 4 is 14.2 Å². The Morgan fingerprint density at radius 1 is 0.940 bits per heavy atom. The Hall–Kier alpha value is -4.73. The van der Waals surface area contributed by atoms with Crippen LogP contribution in [0.2, 0.25) is 0 Å². The maximum Gasteiger partial charge on any atom is 0.697 e. The Morgan fingerprint density at radius 3 is 2.04 bits per heavy atom. The number of rotatable bonds is 15. The van der Waals surface area contributed by atoms with E-state index in [0.717, 1.165) is 16.8 Å². The van der Waals surface area contributed by atoms with Gasteiger partial charge in [-0.3, -0.25) is 14.3 Å². The number of ether oxygens (including phenoxy) is 6. The Labute approximate surface area is 286 Å². The van der Waals surface area contributed by atoms with Crippen LogP contribution < -0.4 is 20.7 Å². The minimum absolute atomic E-state index is 0.0180. The standard InChI is InChI=1S/C34H35N2O13P/c1-4-45-29(38)21-46-30-31(36-19-18-28(37)35-32(36)39)48-27(34(30,40)49-50(41)42)20-47-33(22-8-6-5-7-9-22,23-10-14-25(43-2)15-11-23)24-12-16-26(44-3)17-13-24/h5-19,27,30-31,40H,4,20-21H2,1-3H3,(H-,35,37,39,41,42)/p+1/t27-,30+,31-,34-/m1/s1. The van der Waals surface area contributed by atoms with E-state index in [9.17, 15) is 28.9 Å². The molecule has 1 aliphatic rings. The van der Waals surface area contributed by atoms with E-state index in [4.69, 9.17) is 32.9 Å². The van der Waals surface area contributed by atoms with Gasteiger partial charge in [0.15, 0.2) is 12.3 Å². The van der Waals surface area contributed by atoms with Crippen LogP contribution in [0.25, 0.3) is 0 Å². The molecule has 4 aromatic rings. The molecule has 1 unspecified atom stereocenters. The molecule has 0 bridgehead atoms. The van der Waals surface area contributed by atoms with Gasteiger partial charge in [0.25, 0.3) is 11.3 Å². The Morgan fingerprint density at radius 2 is 1.52 bits per heavy atom. The minimum atomic E-state index is -3.53. The molecule has 15 nitrogen and oxygen atoms in total. The summed E-state index contributed by atoms with van der Waals surface area (Å²) in [5, 5.41) is 12.1. The first-order valence-electron chi connectivity index (χ1n) is 15.4. The lowest BCUT2D eigenvalue weighted by Gasteiger charge is -2.37.